The van der Waals surface area contributed by atoms with Crippen molar-refractivity contribution >= 4 is 29.3 Å². The van der Waals surface area contributed by atoms with Crippen molar-refractivity contribution < 1.29 is 9.21 Å². The van der Waals surface area contributed by atoms with Gasteiger partial charge in [-0.3, -0.25) is 4.79 Å². The number of carbonyl (C=O) groups is 1. The number of nitrogens with two attached hydrogens (primary N) is 1. The molecule has 3 rings (SSSR count). The largest absolute Gasteiger partial charge is 0.460 e. The van der Waals surface area contributed by atoms with Gasteiger partial charge < -0.3 is 15.5 Å². The SMILES string of the molecule is CC(C(=O)NC1CCCC1CN)c1cc2ccccc2o1.Cl. The monoisotopic (exact) mass is 322 g/mol. The first-order valence-electron chi connectivity index (χ1n) is 7.68. The molecule has 1 heterocycles. The Hall–Kier alpha value is -1.52. The second-order valence-electron chi connectivity index (χ2n) is 5.95. The Morgan fingerprint density at radius 1 is 1.41 bits per heavy atom. The molecule has 1 saturated carbocycles. The molecule has 4 nitrogen and oxygen atoms in total. The molecular formula is C17H23ClN2O2. The lowest BCUT2D eigenvalue weighted by Crippen LogP contribution is -2.41. The fourth-order valence-corrected chi connectivity index (χ4v) is 3.16. The zero-order valence-corrected chi connectivity index (χ0v) is 13.6. The Kier molecular flexibility index (Phi) is 5.48. The number of amides is 1. The number of para-hydroxylation sites is 1. The molecule has 0 bridgehead atoms. The van der Waals surface area contributed by atoms with Crippen LogP contribution in [0.25, 0.3) is 11.0 Å². The minimum atomic E-state index is -0.281. The van der Waals surface area contributed by atoms with Crippen LogP contribution in [0.4, 0.5) is 0 Å². The molecule has 1 aliphatic rings. The topological polar surface area (TPSA) is 68.3 Å². The molecule has 1 fully saturated rings. The number of benzene rings is 1. The van der Waals surface area contributed by atoms with Gasteiger partial charge in [-0.1, -0.05) is 24.6 Å². The van der Waals surface area contributed by atoms with Gasteiger partial charge >= 0.3 is 0 Å². The second-order valence-corrected chi connectivity index (χ2v) is 5.95. The molecular weight excluding hydrogens is 300 g/mol. The Labute approximate surface area is 136 Å². The number of hydrogen-bond acceptors (Lipinski definition) is 3. The summed E-state index contributed by atoms with van der Waals surface area (Å²) in [5, 5.41) is 4.18. The third-order valence-electron chi connectivity index (χ3n) is 4.55. The van der Waals surface area contributed by atoms with Crippen LogP contribution < -0.4 is 11.1 Å². The van der Waals surface area contributed by atoms with Crippen molar-refractivity contribution in [3.63, 3.8) is 0 Å². The fraction of sp³-hybridized carbons (Fsp3) is 0.471. The van der Waals surface area contributed by atoms with Gasteiger partial charge in [-0.2, -0.15) is 0 Å². The van der Waals surface area contributed by atoms with Gasteiger partial charge in [-0.15, -0.1) is 12.4 Å². The highest BCUT2D eigenvalue weighted by Crippen LogP contribution is 2.28. The lowest BCUT2D eigenvalue weighted by molar-refractivity contribution is -0.123. The van der Waals surface area contributed by atoms with Crippen molar-refractivity contribution in [1.82, 2.24) is 5.32 Å². The van der Waals surface area contributed by atoms with Gasteiger partial charge in [0.2, 0.25) is 5.91 Å². The predicted octanol–water partition coefficient (Wildman–Crippen LogP) is 3.20. The van der Waals surface area contributed by atoms with Crippen molar-refractivity contribution in [2.45, 2.75) is 38.1 Å². The molecule has 0 saturated heterocycles. The normalized spacial score (nSPS) is 22.3. The third-order valence-corrected chi connectivity index (χ3v) is 4.55. The van der Waals surface area contributed by atoms with E-state index in [2.05, 4.69) is 5.32 Å². The van der Waals surface area contributed by atoms with Gasteiger partial charge in [0.1, 0.15) is 11.3 Å². The minimum absolute atomic E-state index is 0. The average molecular weight is 323 g/mol. The van der Waals surface area contributed by atoms with Crippen molar-refractivity contribution in [3.8, 4) is 0 Å². The van der Waals surface area contributed by atoms with E-state index in [1.807, 2.05) is 37.3 Å². The van der Waals surface area contributed by atoms with Crippen molar-refractivity contribution in [3.05, 3.63) is 36.1 Å². The maximum Gasteiger partial charge on any atom is 0.230 e. The molecule has 1 amide bonds. The minimum Gasteiger partial charge on any atom is -0.460 e. The molecule has 120 valence electrons. The van der Waals surface area contributed by atoms with E-state index in [-0.39, 0.29) is 30.3 Å². The van der Waals surface area contributed by atoms with Gasteiger partial charge in [-0.25, -0.2) is 0 Å². The third kappa shape index (κ3) is 3.28. The molecule has 2 aromatic rings. The Morgan fingerprint density at radius 2 is 2.18 bits per heavy atom. The van der Waals surface area contributed by atoms with Crippen LogP contribution in [0.2, 0.25) is 0 Å². The van der Waals surface area contributed by atoms with Crippen LogP contribution in [0.15, 0.2) is 34.7 Å². The first-order valence-corrected chi connectivity index (χ1v) is 7.68. The summed E-state index contributed by atoms with van der Waals surface area (Å²) in [6.07, 6.45) is 3.28. The van der Waals surface area contributed by atoms with Crippen molar-refractivity contribution in [2.24, 2.45) is 11.7 Å². The van der Waals surface area contributed by atoms with Crippen LogP contribution in [-0.2, 0) is 4.79 Å². The number of fused-ring (bicyclic) bond motifs is 1. The average Bonchev–Trinajstić information content (AvgIpc) is 3.11. The van der Waals surface area contributed by atoms with Crippen LogP contribution in [0.1, 0.15) is 37.9 Å². The van der Waals surface area contributed by atoms with E-state index in [1.165, 1.54) is 0 Å². The number of halogens is 1. The van der Waals surface area contributed by atoms with Gasteiger partial charge in [0.05, 0.1) is 5.92 Å². The summed E-state index contributed by atoms with van der Waals surface area (Å²) in [5.41, 5.74) is 6.60. The number of rotatable bonds is 4. The van der Waals surface area contributed by atoms with E-state index in [4.69, 9.17) is 10.2 Å². The Bertz CT molecular complexity index is 607. The van der Waals surface area contributed by atoms with Gasteiger partial charge in [0.15, 0.2) is 0 Å². The van der Waals surface area contributed by atoms with E-state index < -0.39 is 0 Å². The van der Waals surface area contributed by atoms with Crippen LogP contribution in [0.5, 0.6) is 0 Å². The summed E-state index contributed by atoms with van der Waals surface area (Å²) in [6, 6.07) is 9.99. The van der Waals surface area contributed by atoms with E-state index in [0.29, 0.717) is 12.5 Å². The standard InChI is InChI=1S/C17H22N2O2.ClH/c1-11(16-9-12-5-2-3-8-15(12)21-16)17(20)19-14-7-4-6-13(14)10-18;/h2-3,5,8-9,11,13-14H,4,6-7,10,18H2,1H3,(H,19,20);1H. The number of carbonyl (C=O) groups excluding carboxylic acids is 1. The number of hydrogen-bond donors (Lipinski definition) is 2. The lowest BCUT2D eigenvalue weighted by Gasteiger charge is -2.21. The van der Waals surface area contributed by atoms with Gasteiger partial charge in [0, 0.05) is 11.4 Å². The maximum absolute atomic E-state index is 12.4. The maximum atomic E-state index is 12.4. The molecule has 1 aromatic heterocycles. The quantitative estimate of drug-likeness (QED) is 0.908. The van der Waals surface area contributed by atoms with Crippen LogP contribution in [0, 0.1) is 5.92 Å². The summed E-state index contributed by atoms with van der Waals surface area (Å²) in [7, 11) is 0. The lowest BCUT2D eigenvalue weighted by atomic mass is 10.0. The predicted molar refractivity (Wildman–Crippen MR) is 90.2 cm³/mol. The summed E-state index contributed by atoms with van der Waals surface area (Å²) < 4.78 is 5.78. The highest BCUT2D eigenvalue weighted by atomic mass is 35.5. The van der Waals surface area contributed by atoms with E-state index in [1.54, 1.807) is 0 Å². The molecule has 0 radical (unpaired) electrons. The molecule has 3 N–H and O–H groups in total. The summed E-state index contributed by atoms with van der Waals surface area (Å²) >= 11 is 0. The van der Waals surface area contributed by atoms with Crippen molar-refractivity contribution in [1.29, 1.82) is 0 Å². The van der Waals surface area contributed by atoms with Gasteiger partial charge in [-0.05, 0) is 44.4 Å². The number of nitrogens with one attached hydrogen (secondary N) is 1. The summed E-state index contributed by atoms with van der Waals surface area (Å²) in [6.45, 7) is 2.53. The molecule has 3 unspecified atom stereocenters. The van der Waals surface area contributed by atoms with E-state index in [0.717, 1.165) is 36.0 Å². The fourth-order valence-electron chi connectivity index (χ4n) is 3.16. The van der Waals surface area contributed by atoms with Crippen LogP contribution in [0.3, 0.4) is 0 Å². The highest BCUT2D eigenvalue weighted by molar-refractivity contribution is 5.86. The smallest absolute Gasteiger partial charge is 0.230 e. The Balaban J connectivity index is 0.00000176. The molecule has 1 aliphatic carbocycles. The number of furan rings is 1. The zero-order valence-electron chi connectivity index (χ0n) is 12.7. The van der Waals surface area contributed by atoms with Crippen molar-refractivity contribution in [2.75, 3.05) is 6.54 Å². The molecule has 3 atom stereocenters. The Morgan fingerprint density at radius 3 is 2.91 bits per heavy atom. The first kappa shape index (κ1) is 16.8. The van der Waals surface area contributed by atoms with E-state index in [9.17, 15) is 4.79 Å². The van der Waals surface area contributed by atoms with Crippen LogP contribution >= 0.6 is 12.4 Å². The zero-order chi connectivity index (χ0) is 14.8. The van der Waals surface area contributed by atoms with E-state index >= 15 is 0 Å². The van der Waals surface area contributed by atoms with Crippen LogP contribution in [-0.4, -0.2) is 18.5 Å². The summed E-state index contributed by atoms with van der Waals surface area (Å²) in [4.78, 5) is 12.4. The van der Waals surface area contributed by atoms with Gasteiger partial charge in [0.25, 0.3) is 0 Å². The molecule has 1 aromatic carbocycles. The second kappa shape index (κ2) is 7.16. The molecule has 0 spiro atoms. The highest BCUT2D eigenvalue weighted by Gasteiger charge is 2.29. The molecule has 5 heteroatoms. The summed E-state index contributed by atoms with van der Waals surface area (Å²) in [5.74, 6) is 0.878. The molecule has 22 heavy (non-hydrogen) atoms. The molecule has 0 aliphatic heterocycles. The first-order chi connectivity index (χ1) is 10.2.